The zero-order chi connectivity index (χ0) is 12.5. The molecule has 2 atom stereocenters. The molecule has 12 heteroatoms. The average molecular weight is 304 g/mol. The molecule has 96 valence electrons. The summed E-state index contributed by atoms with van der Waals surface area (Å²) in [6.45, 7) is -0.871. The van der Waals surface area contributed by atoms with Gasteiger partial charge in [0.05, 0.1) is 6.61 Å². The molecular formula is C6H10Na2O9S. The van der Waals surface area contributed by atoms with Crippen LogP contribution in [0.2, 0.25) is 0 Å². The molecule has 18 heavy (non-hydrogen) atoms. The monoisotopic (exact) mass is 304 g/mol. The van der Waals surface area contributed by atoms with Gasteiger partial charge in [-0.1, -0.05) is 0 Å². The van der Waals surface area contributed by atoms with Gasteiger partial charge in [0.15, 0.2) is 6.10 Å². The Morgan fingerprint density at radius 3 is 2.28 bits per heavy atom. The van der Waals surface area contributed by atoms with Gasteiger partial charge in [-0.15, -0.1) is 0 Å². The van der Waals surface area contributed by atoms with Crippen LogP contribution in [-0.2, 0) is 24.1 Å². The average Bonchev–Trinajstić information content (AvgIpc) is 2.43. The summed E-state index contributed by atoms with van der Waals surface area (Å²) in [5.41, 5.74) is 0. The zero-order valence-electron chi connectivity index (χ0n) is 7.60. The molecule has 1 aliphatic rings. The van der Waals surface area contributed by atoms with Gasteiger partial charge in [-0.3, -0.25) is 4.55 Å². The van der Waals surface area contributed by atoms with Crippen molar-refractivity contribution in [2.75, 3.05) is 6.61 Å². The van der Waals surface area contributed by atoms with Gasteiger partial charge in [0.2, 0.25) is 11.5 Å². The Labute approximate surface area is 146 Å². The third-order valence-electron chi connectivity index (χ3n) is 1.65. The van der Waals surface area contributed by atoms with Crippen LogP contribution < -0.4 is 0 Å². The Bertz CT molecular complexity index is 430. The van der Waals surface area contributed by atoms with Gasteiger partial charge in [0.25, 0.3) is 0 Å². The van der Waals surface area contributed by atoms with E-state index < -0.39 is 46.7 Å². The fourth-order valence-corrected chi connectivity index (χ4v) is 1.41. The third kappa shape index (κ3) is 5.33. The molecule has 0 amide bonds. The molecule has 0 unspecified atom stereocenters. The first-order valence-electron chi connectivity index (χ1n) is 3.86. The quantitative estimate of drug-likeness (QED) is 0.236. The number of hydrogen-bond donors (Lipinski definition) is 4. The van der Waals surface area contributed by atoms with Gasteiger partial charge < -0.3 is 24.2 Å². The van der Waals surface area contributed by atoms with Gasteiger partial charge in [0.1, 0.15) is 6.10 Å². The van der Waals surface area contributed by atoms with Crippen molar-refractivity contribution in [2.24, 2.45) is 0 Å². The predicted octanol–water partition coefficient (Wildman–Crippen LogP) is -3.44. The van der Waals surface area contributed by atoms with Crippen LogP contribution >= 0.6 is 0 Å². The first-order valence-corrected chi connectivity index (χ1v) is 5.22. The fraction of sp³-hybridized carbons (Fsp3) is 0.500. The number of aliphatic hydroxyl groups excluding tert-OH is 3. The van der Waals surface area contributed by atoms with Crippen molar-refractivity contribution >= 4 is 75.5 Å². The molecule has 0 aromatic carbocycles. The number of hydrogen-bond acceptors (Lipinski definition) is 8. The molecule has 0 aliphatic carbocycles. The van der Waals surface area contributed by atoms with Crippen LogP contribution in [0.25, 0.3) is 0 Å². The van der Waals surface area contributed by atoms with Crippen LogP contribution in [-0.4, -0.2) is 112 Å². The first-order chi connectivity index (χ1) is 7.26. The topological polar surface area (TPSA) is 151 Å². The van der Waals surface area contributed by atoms with E-state index in [2.05, 4.69) is 8.92 Å². The second kappa shape index (κ2) is 8.04. The number of carbonyl (C=O) groups is 1. The van der Waals surface area contributed by atoms with Crippen LogP contribution in [0.1, 0.15) is 0 Å². The number of cyclic esters (lactones) is 1. The normalized spacial score (nSPS) is 20.6. The third-order valence-corrected chi connectivity index (χ3v) is 2.04. The van der Waals surface area contributed by atoms with Crippen molar-refractivity contribution in [2.45, 2.75) is 12.2 Å². The van der Waals surface area contributed by atoms with E-state index in [0.717, 1.165) is 0 Å². The molecule has 1 rings (SSSR count). The minimum atomic E-state index is -4.98. The molecule has 0 bridgehead atoms. The molecular weight excluding hydrogens is 294 g/mol. The molecule has 0 radical (unpaired) electrons. The summed E-state index contributed by atoms with van der Waals surface area (Å²) in [6, 6.07) is 0. The second-order valence-corrected chi connectivity index (χ2v) is 3.82. The molecule has 9 nitrogen and oxygen atoms in total. The van der Waals surface area contributed by atoms with E-state index in [4.69, 9.17) is 19.9 Å². The summed E-state index contributed by atoms with van der Waals surface area (Å²) in [5, 5.41) is 26.7. The SMILES string of the molecule is O=C1O[C@H]([C@@H](O)CO)C(OS(=O)(=O)O)=C1O.[NaH].[NaH]. The molecule has 0 aromatic rings. The number of carbonyl (C=O) groups excluding carboxylic acids is 1. The van der Waals surface area contributed by atoms with Gasteiger partial charge >= 0.3 is 75.5 Å². The zero-order valence-corrected chi connectivity index (χ0v) is 8.42. The summed E-state index contributed by atoms with van der Waals surface area (Å²) in [7, 11) is -4.98. The van der Waals surface area contributed by atoms with Crippen LogP contribution in [0, 0.1) is 0 Å². The maximum absolute atomic E-state index is 10.8. The summed E-state index contributed by atoms with van der Waals surface area (Å²) < 4.78 is 37.3. The fourth-order valence-electron chi connectivity index (χ4n) is 1.01. The van der Waals surface area contributed by atoms with Crippen molar-refractivity contribution in [1.29, 1.82) is 0 Å². The van der Waals surface area contributed by atoms with E-state index in [1.54, 1.807) is 0 Å². The molecule has 1 aliphatic heterocycles. The minimum absolute atomic E-state index is 0. The van der Waals surface area contributed by atoms with E-state index in [-0.39, 0.29) is 59.1 Å². The summed E-state index contributed by atoms with van der Waals surface area (Å²) in [4.78, 5) is 10.8. The Hall–Kier alpha value is 0.640. The van der Waals surface area contributed by atoms with E-state index >= 15 is 0 Å². The van der Waals surface area contributed by atoms with Gasteiger partial charge in [0, 0.05) is 0 Å². The van der Waals surface area contributed by atoms with E-state index in [1.165, 1.54) is 0 Å². The van der Waals surface area contributed by atoms with Crippen LogP contribution in [0.3, 0.4) is 0 Å². The number of ether oxygens (including phenoxy) is 1. The van der Waals surface area contributed by atoms with E-state index in [1.807, 2.05) is 0 Å². The predicted molar refractivity (Wildman–Crippen MR) is 59.6 cm³/mol. The molecule has 4 N–H and O–H groups in total. The Kier molecular flexibility index (Phi) is 9.36. The Morgan fingerprint density at radius 1 is 1.39 bits per heavy atom. The molecule has 0 saturated carbocycles. The van der Waals surface area contributed by atoms with Crippen LogP contribution in [0.15, 0.2) is 11.5 Å². The molecule has 0 fully saturated rings. The maximum atomic E-state index is 10.8. The van der Waals surface area contributed by atoms with Gasteiger partial charge in [-0.05, 0) is 0 Å². The Morgan fingerprint density at radius 2 is 1.89 bits per heavy atom. The van der Waals surface area contributed by atoms with Crippen molar-refractivity contribution in [3.63, 3.8) is 0 Å². The molecule has 0 spiro atoms. The van der Waals surface area contributed by atoms with Crippen LogP contribution in [0.5, 0.6) is 0 Å². The summed E-state index contributed by atoms with van der Waals surface area (Å²) >= 11 is 0. The van der Waals surface area contributed by atoms with Crippen molar-refractivity contribution in [3.8, 4) is 0 Å². The first kappa shape index (κ1) is 20.9. The number of aliphatic hydroxyl groups is 3. The van der Waals surface area contributed by atoms with Crippen molar-refractivity contribution in [1.82, 2.24) is 0 Å². The Balaban J connectivity index is 0. The molecule has 0 saturated heterocycles. The van der Waals surface area contributed by atoms with Gasteiger partial charge in [-0.25, -0.2) is 4.79 Å². The summed E-state index contributed by atoms with van der Waals surface area (Å²) in [5.74, 6) is -3.51. The standard InChI is InChI=1S/C6H8O9S.2Na.2H/c7-1-2(8)4-5(15-16(11,12)13)3(9)6(10)14-4;;;;/h2,4,7-9H,1H2,(H,11,12,13);;;;/t2-,4+;;;;/m0..../s1. The van der Waals surface area contributed by atoms with Gasteiger partial charge in [-0.2, -0.15) is 8.42 Å². The molecule has 1 heterocycles. The number of esters is 1. The van der Waals surface area contributed by atoms with Crippen molar-refractivity contribution in [3.05, 3.63) is 11.5 Å². The van der Waals surface area contributed by atoms with Crippen molar-refractivity contribution < 1.29 is 42.0 Å². The second-order valence-electron chi connectivity index (χ2n) is 2.80. The molecule has 0 aromatic heterocycles. The van der Waals surface area contributed by atoms with E-state index in [0.29, 0.717) is 0 Å². The van der Waals surface area contributed by atoms with Crippen LogP contribution in [0.4, 0.5) is 0 Å². The summed E-state index contributed by atoms with van der Waals surface area (Å²) in [6.07, 6.45) is -3.38. The van der Waals surface area contributed by atoms with E-state index in [9.17, 15) is 13.2 Å². The number of rotatable bonds is 4.